The molecule has 1 heterocycles. The van der Waals surface area contributed by atoms with E-state index in [2.05, 4.69) is 17.0 Å². The summed E-state index contributed by atoms with van der Waals surface area (Å²) in [4.78, 5) is 2.37. The number of halogens is 1. The first kappa shape index (κ1) is 11.7. The molecule has 1 saturated heterocycles. The quantitative estimate of drug-likeness (QED) is 0.856. The molecule has 0 spiro atoms. The Morgan fingerprint density at radius 2 is 1.94 bits per heavy atom. The number of hydrogen-bond acceptors (Lipinski definition) is 2. The Labute approximate surface area is 102 Å². The molecule has 0 amide bonds. The van der Waals surface area contributed by atoms with E-state index in [1.807, 2.05) is 13.0 Å². The van der Waals surface area contributed by atoms with Crippen LogP contribution < -0.4 is 10.6 Å². The first-order chi connectivity index (χ1) is 7.68. The van der Waals surface area contributed by atoms with Gasteiger partial charge in [0.1, 0.15) is 0 Å². The fourth-order valence-corrected chi connectivity index (χ4v) is 2.51. The van der Waals surface area contributed by atoms with E-state index in [1.165, 1.54) is 19.3 Å². The second-order valence-corrected chi connectivity index (χ2v) is 4.95. The largest absolute Gasteiger partial charge is 0.370 e. The smallest absolute Gasteiger partial charge is 0.0642 e. The SMILES string of the molecule is C[C@@H](N)c1ccc(N2CCCCC2)c(Cl)c1. The average molecular weight is 239 g/mol. The maximum absolute atomic E-state index is 6.31. The van der Waals surface area contributed by atoms with E-state index in [0.717, 1.165) is 29.4 Å². The van der Waals surface area contributed by atoms with Gasteiger partial charge in [-0.15, -0.1) is 0 Å². The van der Waals surface area contributed by atoms with Gasteiger partial charge in [-0.05, 0) is 43.9 Å². The lowest BCUT2D eigenvalue weighted by molar-refractivity contribution is 0.578. The van der Waals surface area contributed by atoms with Gasteiger partial charge in [0.25, 0.3) is 0 Å². The summed E-state index contributed by atoms with van der Waals surface area (Å²) in [6, 6.07) is 6.23. The van der Waals surface area contributed by atoms with Crippen molar-refractivity contribution in [2.75, 3.05) is 18.0 Å². The second kappa shape index (κ2) is 5.07. The molecule has 1 aliphatic rings. The highest BCUT2D eigenvalue weighted by molar-refractivity contribution is 6.33. The molecule has 2 N–H and O–H groups in total. The summed E-state index contributed by atoms with van der Waals surface area (Å²) >= 11 is 6.31. The van der Waals surface area contributed by atoms with Crippen LogP contribution >= 0.6 is 11.6 Å². The highest BCUT2D eigenvalue weighted by Gasteiger charge is 2.14. The lowest BCUT2D eigenvalue weighted by Gasteiger charge is -2.29. The monoisotopic (exact) mass is 238 g/mol. The highest BCUT2D eigenvalue weighted by Crippen LogP contribution is 2.30. The Morgan fingerprint density at radius 1 is 1.25 bits per heavy atom. The summed E-state index contributed by atoms with van der Waals surface area (Å²) < 4.78 is 0. The summed E-state index contributed by atoms with van der Waals surface area (Å²) in [7, 11) is 0. The first-order valence-electron chi connectivity index (χ1n) is 5.98. The van der Waals surface area contributed by atoms with Gasteiger partial charge in [-0.25, -0.2) is 0 Å². The van der Waals surface area contributed by atoms with Gasteiger partial charge in [0, 0.05) is 19.1 Å². The van der Waals surface area contributed by atoms with Crippen molar-refractivity contribution in [3.63, 3.8) is 0 Å². The van der Waals surface area contributed by atoms with Crippen LogP contribution in [-0.2, 0) is 0 Å². The van der Waals surface area contributed by atoms with Crippen LogP contribution in [0.15, 0.2) is 18.2 Å². The second-order valence-electron chi connectivity index (χ2n) is 4.55. The lowest BCUT2D eigenvalue weighted by atomic mass is 10.1. The number of nitrogens with zero attached hydrogens (tertiary/aromatic N) is 1. The molecule has 1 aromatic carbocycles. The first-order valence-corrected chi connectivity index (χ1v) is 6.36. The van der Waals surface area contributed by atoms with Gasteiger partial charge in [-0.1, -0.05) is 17.7 Å². The molecule has 1 aromatic rings. The summed E-state index contributed by atoms with van der Waals surface area (Å²) in [6.45, 7) is 4.22. The number of anilines is 1. The number of benzene rings is 1. The third-order valence-corrected chi connectivity index (χ3v) is 3.50. The van der Waals surface area contributed by atoms with Crippen LogP contribution in [-0.4, -0.2) is 13.1 Å². The minimum absolute atomic E-state index is 0.0490. The van der Waals surface area contributed by atoms with Crippen molar-refractivity contribution in [2.24, 2.45) is 5.73 Å². The molecule has 0 unspecified atom stereocenters. The Hall–Kier alpha value is -0.730. The van der Waals surface area contributed by atoms with Crippen molar-refractivity contribution >= 4 is 17.3 Å². The highest BCUT2D eigenvalue weighted by atomic mass is 35.5. The van der Waals surface area contributed by atoms with Gasteiger partial charge >= 0.3 is 0 Å². The van der Waals surface area contributed by atoms with Gasteiger partial charge in [-0.3, -0.25) is 0 Å². The van der Waals surface area contributed by atoms with Crippen LogP contribution in [0.25, 0.3) is 0 Å². The van der Waals surface area contributed by atoms with Crippen LogP contribution in [0.2, 0.25) is 5.02 Å². The van der Waals surface area contributed by atoms with Gasteiger partial charge in [0.05, 0.1) is 10.7 Å². The van der Waals surface area contributed by atoms with Crippen molar-refractivity contribution in [3.8, 4) is 0 Å². The number of hydrogen-bond donors (Lipinski definition) is 1. The molecule has 0 aromatic heterocycles. The van der Waals surface area contributed by atoms with Crippen molar-refractivity contribution in [3.05, 3.63) is 28.8 Å². The summed E-state index contributed by atoms with van der Waals surface area (Å²) in [6.07, 6.45) is 3.88. The Morgan fingerprint density at radius 3 is 2.50 bits per heavy atom. The molecule has 0 radical (unpaired) electrons. The lowest BCUT2D eigenvalue weighted by Crippen LogP contribution is -2.29. The molecule has 0 aliphatic carbocycles. The molecular weight excluding hydrogens is 220 g/mol. The zero-order valence-corrected chi connectivity index (χ0v) is 10.5. The molecule has 88 valence electrons. The predicted octanol–water partition coefficient (Wildman–Crippen LogP) is 3.35. The number of piperidine rings is 1. The molecule has 0 saturated carbocycles. The molecule has 16 heavy (non-hydrogen) atoms. The summed E-state index contributed by atoms with van der Waals surface area (Å²) in [5, 5.41) is 0.830. The fourth-order valence-electron chi connectivity index (χ4n) is 2.20. The van der Waals surface area contributed by atoms with E-state index >= 15 is 0 Å². The molecule has 1 aliphatic heterocycles. The van der Waals surface area contributed by atoms with E-state index in [4.69, 9.17) is 17.3 Å². The molecule has 0 bridgehead atoms. The Balaban J connectivity index is 2.21. The normalized spacial score (nSPS) is 18.6. The fraction of sp³-hybridized carbons (Fsp3) is 0.538. The van der Waals surface area contributed by atoms with Crippen LogP contribution in [0.3, 0.4) is 0 Å². The average Bonchev–Trinajstić information content (AvgIpc) is 2.30. The molecular formula is C13H19ClN2. The van der Waals surface area contributed by atoms with Crippen LogP contribution in [0.4, 0.5) is 5.69 Å². The molecule has 1 atom stereocenters. The van der Waals surface area contributed by atoms with Crippen LogP contribution in [0, 0.1) is 0 Å². The maximum atomic E-state index is 6.31. The van der Waals surface area contributed by atoms with Crippen LogP contribution in [0.5, 0.6) is 0 Å². The molecule has 1 fully saturated rings. The molecule has 3 heteroatoms. The van der Waals surface area contributed by atoms with E-state index in [-0.39, 0.29) is 6.04 Å². The minimum Gasteiger partial charge on any atom is -0.370 e. The minimum atomic E-state index is 0.0490. The van der Waals surface area contributed by atoms with Crippen molar-refractivity contribution < 1.29 is 0 Å². The molecule has 2 rings (SSSR count). The number of nitrogens with two attached hydrogens (primary N) is 1. The summed E-state index contributed by atoms with van der Waals surface area (Å²) in [5.74, 6) is 0. The van der Waals surface area contributed by atoms with E-state index in [9.17, 15) is 0 Å². The zero-order valence-electron chi connectivity index (χ0n) is 9.75. The third kappa shape index (κ3) is 2.50. The van der Waals surface area contributed by atoms with Gasteiger partial charge in [-0.2, -0.15) is 0 Å². The van der Waals surface area contributed by atoms with Crippen molar-refractivity contribution in [1.82, 2.24) is 0 Å². The molecule has 2 nitrogen and oxygen atoms in total. The predicted molar refractivity (Wildman–Crippen MR) is 70.1 cm³/mol. The zero-order chi connectivity index (χ0) is 11.5. The van der Waals surface area contributed by atoms with Crippen molar-refractivity contribution in [1.29, 1.82) is 0 Å². The van der Waals surface area contributed by atoms with Crippen LogP contribution in [0.1, 0.15) is 37.8 Å². The number of rotatable bonds is 2. The van der Waals surface area contributed by atoms with Crippen molar-refractivity contribution in [2.45, 2.75) is 32.2 Å². The third-order valence-electron chi connectivity index (χ3n) is 3.19. The Bertz CT molecular complexity index is 357. The van der Waals surface area contributed by atoms with Gasteiger partial charge < -0.3 is 10.6 Å². The summed E-state index contributed by atoms with van der Waals surface area (Å²) in [5.41, 5.74) is 8.10. The van der Waals surface area contributed by atoms with Gasteiger partial charge in [0.15, 0.2) is 0 Å². The standard InChI is InChI=1S/C13H19ClN2/c1-10(15)11-5-6-13(12(14)9-11)16-7-3-2-4-8-16/h5-6,9-10H,2-4,7-8,15H2,1H3/t10-/m1/s1. The topological polar surface area (TPSA) is 29.3 Å². The van der Waals surface area contributed by atoms with E-state index < -0.39 is 0 Å². The van der Waals surface area contributed by atoms with E-state index in [0.29, 0.717) is 0 Å². The Kier molecular flexibility index (Phi) is 3.72. The van der Waals surface area contributed by atoms with Gasteiger partial charge in [0.2, 0.25) is 0 Å². The van der Waals surface area contributed by atoms with E-state index in [1.54, 1.807) is 0 Å². The maximum Gasteiger partial charge on any atom is 0.0642 e.